The zero-order valence-corrected chi connectivity index (χ0v) is 19.9. The number of imide groups is 1. The fourth-order valence-electron chi connectivity index (χ4n) is 4.85. The van der Waals surface area contributed by atoms with E-state index in [0.717, 1.165) is 34.4 Å². The first-order valence-electron chi connectivity index (χ1n) is 11.9. The van der Waals surface area contributed by atoms with Crippen LogP contribution in [0, 0.1) is 5.92 Å². The minimum atomic E-state index is -0.923. The SMILES string of the molecule is CC(C)C[C@H](C(=O)Nc1ccc(N2CCOCC2)c2ccncc12)N1C(=O)c2ccccc2C1=O. The maximum atomic E-state index is 13.6. The number of anilines is 2. The Morgan fingerprint density at radius 1 is 1.00 bits per heavy atom. The predicted molar refractivity (Wildman–Crippen MR) is 134 cm³/mol. The Bertz CT molecular complexity index is 1260. The number of morpholine rings is 1. The van der Waals surface area contributed by atoms with Crippen molar-refractivity contribution in [2.75, 3.05) is 36.5 Å². The maximum absolute atomic E-state index is 13.6. The maximum Gasteiger partial charge on any atom is 0.262 e. The summed E-state index contributed by atoms with van der Waals surface area (Å²) in [6.45, 7) is 6.85. The largest absolute Gasteiger partial charge is 0.378 e. The van der Waals surface area contributed by atoms with Crippen molar-refractivity contribution in [2.24, 2.45) is 5.92 Å². The Hall–Kier alpha value is -3.78. The van der Waals surface area contributed by atoms with Gasteiger partial charge in [-0.25, -0.2) is 0 Å². The second kappa shape index (κ2) is 9.46. The quantitative estimate of drug-likeness (QED) is 0.550. The van der Waals surface area contributed by atoms with Crippen LogP contribution in [0.15, 0.2) is 54.9 Å². The van der Waals surface area contributed by atoms with Crippen molar-refractivity contribution in [2.45, 2.75) is 26.3 Å². The second-order valence-electron chi connectivity index (χ2n) is 9.31. The Kier molecular flexibility index (Phi) is 6.21. The fourth-order valence-corrected chi connectivity index (χ4v) is 4.85. The number of carbonyl (C=O) groups is 3. The molecule has 35 heavy (non-hydrogen) atoms. The van der Waals surface area contributed by atoms with Crippen LogP contribution in [0.4, 0.5) is 11.4 Å². The number of carbonyl (C=O) groups excluding carboxylic acids is 3. The van der Waals surface area contributed by atoms with Gasteiger partial charge in [0.1, 0.15) is 6.04 Å². The van der Waals surface area contributed by atoms with Crippen LogP contribution in [0.3, 0.4) is 0 Å². The monoisotopic (exact) mass is 472 g/mol. The molecular formula is C27H28N4O4. The van der Waals surface area contributed by atoms with Gasteiger partial charge in [0.25, 0.3) is 11.8 Å². The van der Waals surface area contributed by atoms with Gasteiger partial charge in [0.2, 0.25) is 5.91 Å². The first-order chi connectivity index (χ1) is 17.0. The molecule has 0 aliphatic carbocycles. The lowest BCUT2D eigenvalue weighted by atomic mass is 10.0. The van der Waals surface area contributed by atoms with Crippen molar-refractivity contribution in [1.29, 1.82) is 0 Å². The van der Waals surface area contributed by atoms with Crippen LogP contribution in [0.2, 0.25) is 0 Å². The van der Waals surface area contributed by atoms with Gasteiger partial charge >= 0.3 is 0 Å². The first-order valence-corrected chi connectivity index (χ1v) is 11.9. The molecule has 1 saturated heterocycles. The van der Waals surface area contributed by atoms with Gasteiger partial charge in [-0.1, -0.05) is 26.0 Å². The second-order valence-corrected chi connectivity index (χ2v) is 9.31. The number of fused-ring (bicyclic) bond motifs is 2. The smallest absolute Gasteiger partial charge is 0.262 e. The molecule has 1 aromatic heterocycles. The van der Waals surface area contributed by atoms with E-state index in [1.54, 1.807) is 36.7 Å². The standard InChI is InChI=1S/C27H28N4O4/c1-17(2)15-24(31-26(33)19-5-3-4-6-20(19)27(31)34)25(32)29-22-7-8-23(30-11-13-35-14-12-30)18-9-10-28-16-21(18)22/h3-10,16-17,24H,11-15H2,1-2H3,(H,29,32)/t24-/m1/s1. The van der Waals surface area contributed by atoms with Gasteiger partial charge in [-0.15, -0.1) is 0 Å². The van der Waals surface area contributed by atoms with Crippen LogP contribution in [0.5, 0.6) is 0 Å². The highest BCUT2D eigenvalue weighted by molar-refractivity contribution is 6.23. The third-order valence-corrected chi connectivity index (χ3v) is 6.54. The molecule has 8 nitrogen and oxygen atoms in total. The zero-order chi connectivity index (χ0) is 24.5. The minimum Gasteiger partial charge on any atom is -0.378 e. The molecule has 180 valence electrons. The van der Waals surface area contributed by atoms with Crippen molar-refractivity contribution in [3.05, 3.63) is 66.0 Å². The van der Waals surface area contributed by atoms with Gasteiger partial charge in [-0.05, 0) is 42.7 Å². The average Bonchev–Trinajstić information content (AvgIpc) is 3.13. The van der Waals surface area contributed by atoms with E-state index in [0.29, 0.717) is 36.4 Å². The Morgan fingerprint density at radius 2 is 1.69 bits per heavy atom. The minimum absolute atomic E-state index is 0.0946. The molecule has 2 aliphatic rings. The van der Waals surface area contributed by atoms with E-state index in [2.05, 4.69) is 15.2 Å². The Labute approximate surface area is 203 Å². The molecule has 1 atom stereocenters. The highest BCUT2D eigenvalue weighted by Gasteiger charge is 2.42. The number of nitrogens with zero attached hydrogens (tertiary/aromatic N) is 3. The molecule has 3 amide bonds. The lowest BCUT2D eigenvalue weighted by Crippen LogP contribution is -2.48. The molecule has 2 aromatic carbocycles. The summed E-state index contributed by atoms with van der Waals surface area (Å²) in [6, 6.07) is 11.6. The molecule has 1 N–H and O–H groups in total. The van der Waals surface area contributed by atoms with Crippen LogP contribution in [-0.4, -0.2) is 60.0 Å². The third-order valence-electron chi connectivity index (χ3n) is 6.54. The number of hydrogen-bond donors (Lipinski definition) is 1. The number of aromatic nitrogens is 1. The fraction of sp³-hybridized carbons (Fsp3) is 0.333. The summed E-state index contributed by atoms with van der Waals surface area (Å²) in [7, 11) is 0. The van der Waals surface area contributed by atoms with Crippen LogP contribution < -0.4 is 10.2 Å². The third kappa shape index (κ3) is 4.25. The van der Waals surface area contributed by atoms with E-state index in [9.17, 15) is 14.4 Å². The summed E-state index contributed by atoms with van der Waals surface area (Å²) in [5, 5.41) is 4.77. The summed E-state index contributed by atoms with van der Waals surface area (Å²) < 4.78 is 5.49. The van der Waals surface area contributed by atoms with Crippen LogP contribution in [0.1, 0.15) is 41.0 Å². The molecule has 5 rings (SSSR count). The molecule has 3 heterocycles. The molecule has 0 bridgehead atoms. The summed E-state index contributed by atoms with van der Waals surface area (Å²) >= 11 is 0. The highest BCUT2D eigenvalue weighted by atomic mass is 16.5. The first kappa shape index (κ1) is 23.0. The van der Waals surface area contributed by atoms with Crippen LogP contribution in [0.25, 0.3) is 10.8 Å². The predicted octanol–water partition coefficient (Wildman–Crippen LogP) is 3.72. The Balaban J connectivity index is 1.47. The number of benzene rings is 2. The Morgan fingerprint density at radius 3 is 2.34 bits per heavy atom. The molecule has 3 aromatic rings. The van der Waals surface area contributed by atoms with Gasteiger partial charge in [0.05, 0.1) is 30.0 Å². The van der Waals surface area contributed by atoms with E-state index in [-0.39, 0.29) is 5.92 Å². The highest BCUT2D eigenvalue weighted by Crippen LogP contribution is 2.33. The zero-order valence-electron chi connectivity index (χ0n) is 19.9. The average molecular weight is 473 g/mol. The summed E-state index contributed by atoms with van der Waals surface area (Å²) in [4.78, 5) is 47.5. The summed E-state index contributed by atoms with van der Waals surface area (Å²) in [5.74, 6) is -1.16. The molecule has 0 spiro atoms. The number of amides is 3. The molecular weight excluding hydrogens is 444 g/mol. The number of pyridine rings is 1. The number of ether oxygens (including phenoxy) is 1. The molecule has 1 fully saturated rings. The van der Waals surface area contributed by atoms with Gasteiger partial charge in [0.15, 0.2) is 0 Å². The van der Waals surface area contributed by atoms with Gasteiger partial charge in [-0.3, -0.25) is 24.3 Å². The van der Waals surface area contributed by atoms with Crippen molar-refractivity contribution in [3.8, 4) is 0 Å². The van der Waals surface area contributed by atoms with Crippen molar-refractivity contribution in [3.63, 3.8) is 0 Å². The van der Waals surface area contributed by atoms with E-state index in [1.165, 1.54) is 0 Å². The lowest BCUT2D eigenvalue weighted by molar-refractivity contribution is -0.120. The van der Waals surface area contributed by atoms with Crippen LogP contribution >= 0.6 is 0 Å². The van der Waals surface area contributed by atoms with Gasteiger partial charge < -0.3 is 15.0 Å². The molecule has 0 radical (unpaired) electrons. The van der Waals surface area contributed by atoms with Gasteiger partial charge in [0, 0.05) is 41.9 Å². The number of nitrogens with one attached hydrogen (secondary N) is 1. The van der Waals surface area contributed by atoms with E-state index < -0.39 is 23.8 Å². The normalized spacial score (nSPS) is 16.7. The van der Waals surface area contributed by atoms with E-state index in [1.807, 2.05) is 32.0 Å². The van der Waals surface area contributed by atoms with E-state index in [4.69, 9.17) is 4.74 Å². The van der Waals surface area contributed by atoms with Crippen LogP contribution in [-0.2, 0) is 9.53 Å². The number of hydrogen-bond acceptors (Lipinski definition) is 6. The topological polar surface area (TPSA) is 91.8 Å². The van der Waals surface area contributed by atoms with Crippen molar-refractivity contribution >= 4 is 39.9 Å². The van der Waals surface area contributed by atoms with Crippen molar-refractivity contribution in [1.82, 2.24) is 9.88 Å². The summed E-state index contributed by atoms with van der Waals surface area (Å²) in [6.07, 6.45) is 3.83. The van der Waals surface area contributed by atoms with Gasteiger partial charge in [-0.2, -0.15) is 0 Å². The lowest BCUT2D eigenvalue weighted by Gasteiger charge is -2.30. The van der Waals surface area contributed by atoms with E-state index >= 15 is 0 Å². The molecule has 2 aliphatic heterocycles. The molecule has 8 heteroatoms. The number of rotatable bonds is 6. The summed E-state index contributed by atoms with van der Waals surface area (Å²) in [5.41, 5.74) is 2.33. The molecule has 0 saturated carbocycles. The molecule has 0 unspecified atom stereocenters. The van der Waals surface area contributed by atoms with Crippen molar-refractivity contribution < 1.29 is 19.1 Å².